The fraction of sp³-hybridized carbons (Fsp3) is 0.857. The molecule has 1 aliphatic rings. The third kappa shape index (κ3) is 3.93. The van der Waals surface area contributed by atoms with Crippen molar-refractivity contribution in [3.05, 3.63) is 0 Å². The van der Waals surface area contributed by atoms with Crippen molar-refractivity contribution >= 4 is 11.8 Å². The van der Waals surface area contributed by atoms with Gasteiger partial charge in [0, 0.05) is 19.0 Å². The normalized spacial score (nSPS) is 24.0. The van der Waals surface area contributed by atoms with Gasteiger partial charge in [-0.1, -0.05) is 6.42 Å². The van der Waals surface area contributed by atoms with Crippen molar-refractivity contribution < 1.29 is 9.59 Å². The number of nitrogens with zero attached hydrogens (tertiary/aromatic N) is 1. The van der Waals surface area contributed by atoms with Crippen molar-refractivity contribution in [2.24, 2.45) is 17.6 Å². The number of likely N-dealkylation sites (N-methyl/N-ethyl adjacent to an activating group) is 1. The average Bonchev–Trinajstić information content (AvgIpc) is 2.88. The number of hydrogen-bond acceptors (Lipinski definition) is 3. The SMILES string of the molecule is CCN(CC)C(=O)C(C)NC(=O)C1CCCC1CN. The molecular formula is C14H27N3O2. The van der Waals surface area contributed by atoms with Crippen molar-refractivity contribution in [2.45, 2.75) is 46.1 Å². The Balaban J connectivity index is 2.54. The van der Waals surface area contributed by atoms with Crippen LogP contribution in [0, 0.1) is 11.8 Å². The van der Waals surface area contributed by atoms with Crippen molar-refractivity contribution in [3.63, 3.8) is 0 Å². The Kier molecular flexibility index (Phi) is 6.28. The van der Waals surface area contributed by atoms with E-state index in [-0.39, 0.29) is 23.7 Å². The van der Waals surface area contributed by atoms with Gasteiger partial charge in [-0.3, -0.25) is 9.59 Å². The fourth-order valence-electron chi connectivity index (χ4n) is 2.86. The van der Waals surface area contributed by atoms with E-state index >= 15 is 0 Å². The van der Waals surface area contributed by atoms with Crippen LogP contribution in [0.1, 0.15) is 40.0 Å². The van der Waals surface area contributed by atoms with Crippen LogP contribution in [0.2, 0.25) is 0 Å². The zero-order valence-corrected chi connectivity index (χ0v) is 12.3. The van der Waals surface area contributed by atoms with Gasteiger partial charge in [-0.05, 0) is 46.1 Å². The molecular weight excluding hydrogens is 242 g/mol. The lowest BCUT2D eigenvalue weighted by Crippen LogP contribution is -2.49. The maximum atomic E-state index is 12.2. The molecule has 110 valence electrons. The smallest absolute Gasteiger partial charge is 0.244 e. The number of nitrogens with two attached hydrogens (primary N) is 1. The lowest BCUT2D eigenvalue weighted by atomic mass is 9.95. The molecule has 3 unspecified atom stereocenters. The summed E-state index contributed by atoms with van der Waals surface area (Å²) in [4.78, 5) is 26.0. The molecule has 0 spiro atoms. The average molecular weight is 269 g/mol. The molecule has 0 aromatic heterocycles. The van der Waals surface area contributed by atoms with Gasteiger partial charge in [-0.15, -0.1) is 0 Å². The number of nitrogens with one attached hydrogen (secondary N) is 1. The molecule has 0 aromatic rings. The van der Waals surface area contributed by atoms with E-state index < -0.39 is 6.04 Å². The van der Waals surface area contributed by atoms with Crippen molar-refractivity contribution in [1.82, 2.24) is 10.2 Å². The largest absolute Gasteiger partial charge is 0.344 e. The van der Waals surface area contributed by atoms with Gasteiger partial charge >= 0.3 is 0 Å². The van der Waals surface area contributed by atoms with Gasteiger partial charge in [0.2, 0.25) is 11.8 Å². The van der Waals surface area contributed by atoms with Crippen LogP contribution in [0.25, 0.3) is 0 Å². The monoisotopic (exact) mass is 269 g/mol. The second-order valence-corrected chi connectivity index (χ2v) is 5.27. The summed E-state index contributed by atoms with van der Waals surface area (Å²) in [5, 5.41) is 2.85. The molecule has 5 nitrogen and oxygen atoms in total. The number of hydrogen-bond donors (Lipinski definition) is 2. The van der Waals surface area contributed by atoms with Gasteiger partial charge in [0.1, 0.15) is 6.04 Å². The van der Waals surface area contributed by atoms with Crippen LogP contribution < -0.4 is 11.1 Å². The lowest BCUT2D eigenvalue weighted by Gasteiger charge is -2.25. The maximum absolute atomic E-state index is 12.2. The van der Waals surface area contributed by atoms with E-state index in [2.05, 4.69) is 5.32 Å². The van der Waals surface area contributed by atoms with E-state index in [4.69, 9.17) is 5.73 Å². The summed E-state index contributed by atoms with van der Waals surface area (Å²) < 4.78 is 0. The first-order valence-electron chi connectivity index (χ1n) is 7.34. The second-order valence-electron chi connectivity index (χ2n) is 5.27. The predicted molar refractivity (Wildman–Crippen MR) is 75.4 cm³/mol. The standard InChI is InChI=1S/C14H27N3O2/c1-4-17(5-2)14(19)10(3)16-13(18)12-8-6-7-11(12)9-15/h10-12H,4-9,15H2,1-3H3,(H,16,18). The summed E-state index contributed by atoms with van der Waals surface area (Å²) in [6.45, 7) is 7.53. The highest BCUT2D eigenvalue weighted by Crippen LogP contribution is 2.31. The summed E-state index contributed by atoms with van der Waals surface area (Å²) in [5.74, 6) is 0.231. The zero-order chi connectivity index (χ0) is 14.4. The molecule has 0 aliphatic heterocycles. The van der Waals surface area contributed by atoms with Crippen molar-refractivity contribution in [1.29, 1.82) is 0 Å². The van der Waals surface area contributed by atoms with E-state index in [0.717, 1.165) is 19.3 Å². The first-order valence-corrected chi connectivity index (χ1v) is 7.34. The van der Waals surface area contributed by atoms with Crippen molar-refractivity contribution in [2.75, 3.05) is 19.6 Å². The number of amides is 2. The van der Waals surface area contributed by atoms with Crippen LogP contribution in [0.3, 0.4) is 0 Å². The molecule has 3 atom stereocenters. The molecule has 0 aromatic carbocycles. The Hall–Kier alpha value is -1.10. The molecule has 1 aliphatic carbocycles. The summed E-state index contributed by atoms with van der Waals surface area (Å²) in [6.07, 6.45) is 2.96. The van der Waals surface area contributed by atoms with Crippen LogP contribution in [-0.4, -0.2) is 42.4 Å². The molecule has 19 heavy (non-hydrogen) atoms. The van der Waals surface area contributed by atoms with Crippen LogP contribution >= 0.6 is 0 Å². The van der Waals surface area contributed by atoms with Crippen LogP contribution in [-0.2, 0) is 9.59 Å². The van der Waals surface area contributed by atoms with Gasteiger partial charge in [0.15, 0.2) is 0 Å². The van der Waals surface area contributed by atoms with Crippen LogP contribution in [0.5, 0.6) is 0 Å². The zero-order valence-electron chi connectivity index (χ0n) is 12.3. The first-order chi connectivity index (χ1) is 9.04. The highest BCUT2D eigenvalue weighted by Gasteiger charge is 2.33. The molecule has 0 saturated heterocycles. The van der Waals surface area contributed by atoms with Crippen molar-refractivity contribution in [3.8, 4) is 0 Å². The molecule has 0 heterocycles. The summed E-state index contributed by atoms with van der Waals surface area (Å²) in [5.41, 5.74) is 5.69. The highest BCUT2D eigenvalue weighted by molar-refractivity contribution is 5.88. The van der Waals surface area contributed by atoms with Gasteiger partial charge in [0.25, 0.3) is 0 Å². The highest BCUT2D eigenvalue weighted by atomic mass is 16.2. The summed E-state index contributed by atoms with van der Waals surface area (Å²) in [6, 6.07) is -0.452. The second kappa shape index (κ2) is 7.48. The minimum atomic E-state index is -0.452. The van der Waals surface area contributed by atoms with E-state index in [9.17, 15) is 9.59 Å². The number of rotatable bonds is 6. The lowest BCUT2D eigenvalue weighted by molar-refractivity contribution is -0.137. The fourth-order valence-corrected chi connectivity index (χ4v) is 2.86. The van der Waals surface area contributed by atoms with Crippen LogP contribution in [0.4, 0.5) is 0 Å². The minimum absolute atomic E-state index is 0.0130. The molecule has 1 fully saturated rings. The molecule has 1 rings (SSSR count). The Bertz CT molecular complexity index is 316. The molecule has 3 N–H and O–H groups in total. The van der Waals surface area contributed by atoms with E-state index in [1.54, 1.807) is 11.8 Å². The predicted octanol–water partition coefficient (Wildman–Crippen LogP) is 0.735. The van der Waals surface area contributed by atoms with E-state index in [1.165, 1.54) is 0 Å². The number of carbonyl (C=O) groups excluding carboxylic acids is 2. The topological polar surface area (TPSA) is 75.4 Å². The molecule has 2 amide bonds. The van der Waals surface area contributed by atoms with Gasteiger partial charge in [-0.2, -0.15) is 0 Å². The molecule has 1 saturated carbocycles. The number of carbonyl (C=O) groups is 2. The molecule has 0 radical (unpaired) electrons. The quantitative estimate of drug-likeness (QED) is 0.746. The van der Waals surface area contributed by atoms with Gasteiger partial charge in [-0.25, -0.2) is 0 Å². The summed E-state index contributed by atoms with van der Waals surface area (Å²) in [7, 11) is 0. The Morgan fingerprint density at radius 1 is 1.32 bits per heavy atom. The molecule has 0 bridgehead atoms. The summed E-state index contributed by atoms with van der Waals surface area (Å²) >= 11 is 0. The van der Waals surface area contributed by atoms with Gasteiger partial charge in [0.05, 0.1) is 0 Å². The van der Waals surface area contributed by atoms with E-state index in [0.29, 0.717) is 19.6 Å². The minimum Gasteiger partial charge on any atom is -0.344 e. The first kappa shape index (κ1) is 16.0. The Morgan fingerprint density at radius 3 is 2.47 bits per heavy atom. The molecule has 5 heteroatoms. The van der Waals surface area contributed by atoms with Crippen LogP contribution in [0.15, 0.2) is 0 Å². The third-order valence-corrected chi connectivity index (χ3v) is 4.10. The van der Waals surface area contributed by atoms with E-state index in [1.807, 2.05) is 13.8 Å². The Labute approximate surface area is 115 Å². The van der Waals surface area contributed by atoms with Gasteiger partial charge < -0.3 is 16.0 Å². The third-order valence-electron chi connectivity index (χ3n) is 4.10. The maximum Gasteiger partial charge on any atom is 0.244 e. The Morgan fingerprint density at radius 2 is 1.95 bits per heavy atom.